The summed E-state index contributed by atoms with van der Waals surface area (Å²) < 4.78 is 7.32. The summed E-state index contributed by atoms with van der Waals surface area (Å²) in [7, 11) is 0. The van der Waals surface area contributed by atoms with Gasteiger partial charge in [-0.15, -0.1) is 0 Å². The first kappa shape index (κ1) is 35.1. The molecule has 0 aromatic heterocycles. The fourth-order valence-electron chi connectivity index (χ4n) is 11.0. The highest BCUT2D eigenvalue weighted by atomic mass is 16.5. The first-order valence-corrected chi connectivity index (χ1v) is 21.3. The highest BCUT2D eigenvalue weighted by Crippen LogP contribution is 2.55. The standard InChI is InChI=1S/C58H45NO/c1-57(2)49-22-12-10-18-42(49)44-31-29-39(33-51(44)57)59(40-30-32-45-43-19-11-13-23-50(43)58(3,4)52(45)34-40)53-24-14-21-47-55-46-20-9-8-17-41(46)48(35-54(55)60-56(47)53)38-27-25-37(26-28-38)36-15-6-5-7-16-36/h5-35,47,56H,1-4H3. The molecule has 0 spiro atoms. The molecule has 1 heterocycles. The van der Waals surface area contributed by atoms with E-state index in [1.165, 1.54) is 83.1 Å². The quantitative estimate of drug-likeness (QED) is 0.173. The van der Waals surface area contributed by atoms with Crippen molar-refractivity contribution in [1.82, 2.24) is 0 Å². The first-order chi connectivity index (χ1) is 29.3. The van der Waals surface area contributed by atoms with Crippen LogP contribution >= 0.6 is 0 Å². The Kier molecular flexibility index (Phi) is 7.48. The molecule has 0 N–H and O–H groups in total. The Hall–Kier alpha value is -6.90. The number of benzene rings is 8. The Morgan fingerprint density at radius 2 is 0.967 bits per heavy atom. The molecule has 0 saturated carbocycles. The van der Waals surface area contributed by atoms with Crippen molar-refractivity contribution >= 4 is 22.1 Å². The van der Waals surface area contributed by atoms with Crippen LogP contribution in [0.2, 0.25) is 0 Å². The molecule has 0 bridgehead atoms. The van der Waals surface area contributed by atoms with Crippen LogP contribution in [0, 0.1) is 0 Å². The van der Waals surface area contributed by atoms with E-state index in [0.29, 0.717) is 0 Å². The number of rotatable bonds is 5. The predicted molar refractivity (Wildman–Crippen MR) is 249 cm³/mol. The molecule has 60 heavy (non-hydrogen) atoms. The zero-order valence-corrected chi connectivity index (χ0v) is 34.4. The van der Waals surface area contributed by atoms with Crippen molar-refractivity contribution in [3.05, 3.63) is 222 Å². The van der Waals surface area contributed by atoms with E-state index in [9.17, 15) is 0 Å². The molecule has 0 fully saturated rings. The molecule has 0 radical (unpaired) electrons. The van der Waals surface area contributed by atoms with Gasteiger partial charge in [0.05, 0.1) is 5.70 Å². The fourth-order valence-corrected chi connectivity index (χ4v) is 11.0. The van der Waals surface area contributed by atoms with Gasteiger partial charge in [0.2, 0.25) is 0 Å². The summed E-state index contributed by atoms with van der Waals surface area (Å²) in [5, 5.41) is 2.49. The maximum absolute atomic E-state index is 7.32. The van der Waals surface area contributed by atoms with Crippen molar-refractivity contribution in [1.29, 1.82) is 0 Å². The molecule has 1 aliphatic heterocycles. The normalized spacial score (nSPS) is 18.1. The minimum atomic E-state index is -0.221. The lowest BCUT2D eigenvalue weighted by Crippen LogP contribution is -2.33. The topological polar surface area (TPSA) is 12.5 Å². The molecule has 12 rings (SSSR count). The summed E-state index contributed by atoms with van der Waals surface area (Å²) in [6, 6.07) is 62.9. The van der Waals surface area contributed by atoms with Crippen LogP contribution in [0.3, 0.4) is 0 Å². The third-order valence-corrected chi connectivity index (χ3v) is 14.1. The second-order valence-electron chi connectivity index (χ2n) is 18.0. The summed E-state index contributed by atoms with van der Waals surface area (Å²) in [5.41, 5.74) is 20.0. The molecule has 2 unspecified atom stereocenters. The number of hydrogen-bond acceptors (Lipinski definition) is 2. The van der Waals surface area contributed by atoms with Crippen molar-refractivity contribution in [2.45, 2.75) is 50.5 Å². The highest BCUT2D eigenvalue weighted by Gasteiger charge is 2.43. The van der Waals surface area contributed by atoms with Crippen LogP contribution in [-0.4, -0.2) is 6.10 Å². The molecule has 4 aliphatic rings. The lowest BCUT2D eigenvalue weighted by molar-refractivity contribution is 0.253. The van der Waals surface area contributed by atoms with Gasteiger partial charge in [0.15, 0.2) is 0 Å². The lowest BCUT2D eigenvalue weighted by Gasteiger charge is -2.35. The van der Waals surface area contributed by atoms with Crippen LogP contribution in [0.5, 0.6) is 5.75 Å². The number of fused-ring (bicyclic) bond motifs is 11. The Morgan fingerprint density at radius 3 is 1.60 bits per heavy atom. The summed E-state index contributed by atoms with van der Waals surface area (Å²) in [5.74, 6) is 1.01. The monoisotopic (exact) mass is 771 g/mol. The third kappa shape index (κ3) is 5.00. The van der Waals surface area contributed by atoms with Crippen molar-refractivity contribution in [2.75, 3.05) is 4.90 Å². The molecule has 3 aliphatic carbocycles. The van der Waals surface area contributed by atoms with Gasteiger partial charge in [-0.25, -0.2) is 0 Å². The fraction of sp³-hybridized carbons (Fsp3) is 0.138. The molecule has 2 nitrogen and oxygen atoms in total. The molecule has 0 saturated heterocycles. The van der Waals surface area contributed by atoms with Gasteiger partial charge in [0.25, 0.3) is 0 Å². The Morgan fingerprint density at radius 1 is 0.450 bits per heavy atom. The molecule has 8 aromatic carbocycles. The smallest absolute Gasteiger partial charge is 0.149 e. The van der Waals surface area contributed by atoms with E-state index in [4.69, 9.17) is 4.74 Å². The van der Waals surface area contributed by atoms with Gasteiger partial charge in [-0.1, -0.05) is 179 Å². The highest BCUT2D eigenvalue weighted by molar-refractivity contribution is 6.01. The zero-order valence-electron chi connectivity index (χ0n) is 34.4. The Balaban J connectivity index is 1.000. The van der Waals surface area contributed by atoms with Crippen LogP contribution in [-0.2, 0) is 10.8 Å². The van der Waals surface area contributed by atoms with Crippen LogP contribution in [0.1, 0.15) is 61.4 Å². The maximum Gasteiger partial charge on any atom is 0.149 e. The van der Waals surface area contributed by atoms with Crippen molar-refractivity contribution < 1.29 is 4.74 Å². The SMILES string of the molecule is CC1(C)c2ccccc2-c2ccc(N(C3=CC=CC4c5c(cc(-c6ccc(-c7ccccc7)cc6)c6ccccc56)OC34)c3ccc4c(c3)C(C)(C)c3ccccc3-4)cc21. The minimum absolute atomic E-state index is 0.0483. The van der Waals surface area contributed by atoms with E-state index in [0.717, 1.165) is 22.8 Å². The number of ether oxygens (including phenoxy) is 1. The molecule has 2 atom stereocenters. The third-order valence-electron chi connectivity index (χ3n) is 14.1. The molecular weight excluding hydrogens is 727 g/mol. The summed E-state index contributed by atoms with van der Waals surface area (Å²) in [6.45, 7) is 9.48. The average Bonchev–Trinajstić information content (AvgIpc) is 3.87. The van der Waals surface area contributed by atoms with Gasteiger partial charge in [-0.2, -0.15) is 0 Å². The largest absolute Gasteiger partial charge is 0.483 e. The van der Waals surface area contributed by atoms with E-state index >= 15 is 0 Å². The molecule has 0 amide bonds. The first-order valence-electron chi connectivity index (χ1n) is 21.3. The van der Waals surface area contributed by atoms with E-state index in [1.807, 2.05) is 0 Å². The molecule has 288 valence electrons. The number of allylic oxidation sites excluding steroid dienone is 2. The van der Waals surface area contributed by atoms with Crippen molar-refractivity contribution in [2.24, 2.45) is 0 Å². The maximum atomic E-state index is 7.32. The summed E-state index contributed by atoms with van der Waals surface area (Å²) >= 11 is 0. The minimum Gasteiger partial charge on any atom is -0.483 e. The van der Waals surface area contributed by atoms with E-state index in [2.05, 4.69) is 221 Å². The number of hydrogen-bond donors (Lipinski definition) is 0. The van der Waals surface area contributed by atoms with Crippen LogP contribution in [0.25, 0.3) is 55.3 Å². The number of nitrogens with zero attached hydrogens (tertiary/aromatic N) is 1. The molecule has 2 heteroatoms. The average molecular weight is 772 g/mol. The van der Waals surface area contributed by atoms with Crippen molar-refractivity contribution in [3.63, 3.8) is 0 Å². The van der Waals surface area contributed by atoms with E-state index in [-0.39, 0.29) is 22.9 Å². The van der Waals surface area contributed by atoms with Crippen LogP contribution < -0.4 is 9.64 Å². The Bertz CT molecular complexity index is 3020. The Labute approximate surface area is 352 Å². The molecule has 8 aromatic rings. The van der Waals surface area contributed by atoms with Gasteiger partial charge >= 0.3 is 0 Å². The number of anilines is 2. The van der Waals surface area contributed by atoms with Gasteiger partial charge < -0.3 is 9.64 Å². The molecular formula is C58H45NO. The second-order valence-corrected chi connectivity index (χ2v) is 18.0. The summed E-state index contributed by atoms with van der Waals surface area (Å²) in [4.78, 5) is 2.50. The van der Waals surface area contributed by atoms with Crippen LogP contribution in [0.15, 0.2) is 194 Å². The van der Waals surface area contributed by atoms with Gasteiger partial charge in [-0.3, -0.25) is 0 Å². The van der Waals surface area contributed by atoms with E-state index < -0.39 is 0 Å². The second kappa shape index (κ2) is 12.8. The van der Waals surface area contributed by atoms with E-state index in [1.54, 1.807) is 0 Å². The predicted octanol–water partition coefficient (Wildman–Crippen LogP) is 14.9. The summed E-state index contributed by atoms with van der Waals surface area (Å²) in [6.07, 6.45) is 6.68. The van der Waals surface area contributed by atoms with Crippen molar-refractivity contribution in [3.8, 4) is 50.3 Å². The van der Waals surface area contributed by atoms with Gasteiger partial charge in [0, 0.05) is 33.7 Å². The lowest BCUT2D eigenvalue weighted by atomic mass is 9.81. The van der Waals surface area contributed by atoms with Crippen LogP contribution in [0.4, 0.5) is 11.4 Å². The van der Waals surface area contributed by atoms with Gasteiger partial charge in [0.1, 0.15) is 11.9 Å². The van der Waals surface area contributed by atoms with Gasteiger partial charge in [-0.05, 0) is 114 Å². The zero-order chi connectivity index (χ0) is 40.3.